The van der Waals surface area contributed by atoms with E-state index < -0.39 is 5.91 Å². The molecule has 0 saturated carbocycles. The van der Waals surface area contributed by atoms with Crippen LogP contribution >= 0.6 is 11.3 Å². The zero-order valence-electron chi connectivity index (χ0n) is 20.2. The molecule has 1 aliphatic carbocycles. The van der Waals surface area contributed by atoms with Crippen LogP contribution in [0.5, 0.6) is 11.5 Å². The van der Waals surface area contributed by atoms with Gasteiger partial charge in [-0.2, -0.15) is 0 Å². The lowest BCUT2D eigenvalue weighted by Crippen LogP contribution is -2.18. The van der Waals surface area contributed by atoms with Crippen LogP contribution in [0, 0.1) is 12.8 Å². The third-order valence-corrected chi connectivity index (χ3v) is 7.42. The first-order valence-corrected chi connectivity index (χ1v) is 12.5. The average Bonchev–Trinajstić information content (AvgIpc) is 3.19. The number of hydrogen-bond acceptors (Lipinski definition) is 5. The Bertz CT molecular complexity index is 1280. The third-order valence-electron chi connectivity index (χ3n) is 6.25. The molecule has 35 heavy (non-hydrogen) atoms. The Labute approximate surface area is 209 Å². The summed E-state index contributed by atoms with van der Waals surface area (Å²) < 4.78 is 11.5. The quantitative estimate of drug-likeness (QED) is 0.407. The summed E-state index contributed by atoms with van der Waals surface area (Å²) in [6.45, 7) is 4.68. The molecule has 0 fully saturated rings. The van der Waals surface area contributed by atoms with E-state index in [2.05, 4.69) is 12.2 Å². The number of carbonyl (C=O) groups is 2. The number of amides is 2. The zero-order valence-corrected chi connectivity index (χ0v) is 21.0. The molecule has 0 spiro atoms. The maximum atomic E-state index is 12.7. The van der Waals surface area contributed by atoms with Crippen molar-refractivity contribution in [3.05, 3.63) is 81.2 Å². The molecule has 1 atom stereocenters. The molecule has 0 aliphatic heterocycles. The van der Waals surface area contributed by atoms with Crippen LogP contribution in [0.2, 0.25) is 0 Å². The molecular weight excluding hydrogens is 460 g/mol. The Kier molecular flexibility index (Phi) is 7.56. The highest BCUT2D eigenvalue weighted by Crippen LogP contribution is 2.39. The Morgan fingerprint density at radius 3 is 2.74 bits per heavy atom. The van der Waals surface area contributed by atoms with E-state index in [-0.39, 0.29) is 5.91 Å². The Morgan fingerprint density at radius 2 is 2.00 bits per heavy atom. The van der Waals surface area contributed by atoms with Crippen LogP contribution in [0.15, 0.2) is 48.5 Å². The van der Waals surface area contributed by atoms with Crippen molar-refractivity contribution < 1.29 is 19.1 Å². The number of hydrogen-bond donors (Lipinski definition) is 2. The van der Waals surface area contributed by atoms with Crippen LogP contribution in [0.3, 0.4) is 0 Å². The molecule has 182 valence electrons. The lowest BCUT2D eigenvalue weighted by molar-refractivity contribution is -0.111. The van der Waals surface area contributed by atoms with E-state index in [4.69, 9.17) is 15.2 Å². The maximum absolute atomic E-state index is 12.7. The molecule has 0 saturated heterocycles. The maximum Gasteiger partial charge on any atom is 0.251 e. The van der Waals surface area contributed by atoms with Crippen molar-refractivity contribution in [2.75, 3.05) is 12.4 Å². The van der Waals surface area contributed by atoms with Crippen LogP contribution in [0.4, 0.5) is 5.00 Å². The van der Waals surface area contributed by atoms with Gasteiger partial charge in [0.15, 0.2) is 11.5 Å². The molecule has 1 aromatic heterocycles. The van der Waals surface area contributed by atoms with E-state index in [0.717, 1.165) is 46.4 Å². The van der Waals surface area contributed by atoms with E-state index in [1.807, 2.05) is 49.4 Å². The van der Waals surface area contributed by atoms with E-state index in [1.165, 1.54) is 17.4 Å². The number of primary amides is 1. The standard InChI is InChI=1S/C28H30N2O4S/c1-17-8-11-21-24(14-17)35-28(26(21)27(29)32)30-25(31)13-10-19-9-12-22(23(15-19)33-3)34-16-20-7-5-4-6-18(20)2/h4-7,9-10,12-13,15,17H,8,11,14,16H2,1-3H3,(H2,29,32)(H,30,31)/b13-10+. The topological polar surface area (TPSA) is 90.6 Å². The minimum Gasteiger partial charge on any atom is -0.493 e. The second-order valence-corrected chi connectivity index (χ2v) is 9.97. The number of nitrogens with one attached hydrogen (secondary N) is 1. The predicted molar refractivity (Wildman–Crippen MR) is 140 cm³/mol. The molecule has 6 nitrogen and oxygen atoms in total. The second kappa shape index (κ2) is 10.8. The van der Waals surface area contributed by atoms with E-state index in [9.17, 15) is 9.59 Å². The van der Waals surface area contributed by atoms with Gasteiger partial charge in [-0.3, -0.25) is 9.59 Å². The van der Waals surface area contributed by atoms with Crippen molar-refractivity contribution in [1.82, 2.24) is 0 Å². The van der Waals surface area contributed by atoms with Gasteiger partial charge in [-0.05, 0) is 72.6 Å². The fourth-order valence-electron chi connectivity index (χ4n) is 4.26. The van der Waals surface area contributed by atoms with Crippen molar-refractivity contribution in [3.8, 4) is 11.5 Å². The largest absolute Gasteiger partial charge is 0.493 e. The van der Waals surface area contributed by atoms with Crippen molar-refractivity contribution in [2.45, 2.75) is 39.7 Å². The summed E-state index contributed by atoms with van der Waals surface area (Å²) in [5.74, 6) is 0.948. The number of benzene rings is 2. The molecule has 0 bridgehead atoms. The summed E-state index contributed by atoms with van der Waals surface area (Å²) in [6.07, 6.45) is 5.88. The Morgan fingerprint density at radius 1 is 1.20 bits per heavy atom. The van der Waals surface area contributed by atoms with Gasteiger partial charge >= 0.3 is 0 Å². The fourth-order valence-corrected chi connectivity index (χ4v) is 5.68. The van der Waals surface area contributed by atoms with Crippen LogP contribution in [-0.4, -0.2) is 18.9 Å². The lowest BCUT2D eigenvalue weighted by Gasteiger charge is -2.18. The molecule has 1 unspecified atom stereocenters. The molecule has 3 aromatic rings. The predicted octanol–water partition coefficient (Wildman–Crippen LogP) is 5.52. The third kappa shape index (κ3) is 5.74. The molecule has 1 aliphatic rings. The van der Waals surface area contributed by atoms with Crippen LogP contribution < -0.4 is 20.5 Å². The molecule has 4 rings (SSSR count). The Balaban J connectivity index is 1.45. The van der Waals surface area contributed by atoms with Gasteiger partial charge < -0.3 is 20.5 Å². The molecule has 2 amide bonds. The SMILES string of the molecule is COc1cc(/C=C/C(=O)Nc2sc3c(c2C(N)=O)CCC(C)C3)ccc1OCc1ccccc1C. The van der Waals surface area contributed by atoms with Gasteiger partial charge in [-0.15, -0.1) is 11.3 Å². The summed E-state index contributed by atoms with van der Waals surface area (Å²) in [5.41, 5.74) is 10.2. The molecule has 7 heteroatoms. The number of nitrogens with two attached hydrogens (primary N) is 1. The van der Waals surface area contributed by atoms with Gasteiger partial charge in [0.1, 0.15) is 11.6 Å². The summed E-state index contributed by atoms with van der Waals surface area (Å²) in [6, 6.07) is 13.6. The highest BCUT2D eigenvalue weighted by molar-refractivity contribution is 7.17. The minimum absolute atomic E-state index is 0.321. The normalized spacial score (nSPS) is 15.0. The first-order chi connectivity index (χ1) is 16.9. The number of methoxy groups -OCH3 is 1. The smallest absolute Gasteiger partial charge is 0.251 e. The first-order valence-electron chi connectivity index (χ1n) is 11.6. The number of fused-ring (bicyclic) bond motifs is 1. The van der Waals surface area contributed by atoms with E-state index in [1.54, 1.807) is 13.2 Å². The van der Waals surface area contributed by atoms with Crippen LogP contribution in [-0.2, 0) is 24.2 Å². The highest BCUT2D eigenvalue weighted by atomic mass is 32.1. The van der Waals surface area contributed by atoms with E-state index in [0.29, 0.717) is 34.6 Å². The average molecular weight is 491 g/mol. The summed E-state index contributed by atoms with van der Waals surface area (Å²) in [4.78, 5) is 25.9. The zero-order chi connectivity index (χ0) is 24.9. The van der Waals surface area contributed by atoms with Gasteiger partial charge in [-0.1, -0.05) is 37.3 Å². The minimum atomic E-state index is -0.498. The summed E-state index contributed by atoms with van der Waals surface area (Å²) in [5, 5.41) is 3.39. The van der Waals surface area contributed by atoms with Crippen molar-refractivity contribution >= 4 is 34.2 Å². The van der Waals surface area contributed by atoms with Gasteiger partial charge in [0.25, 0.3) is 5.91 Å². The van der Waals surface area contributed by atoms with Gasteiger partial charge in [0, 0.05) is 11.0 Å². The molecule has 2 aromatic carbocycles. The first kappa shape index (κ1) is 24.5. The summed E-state index contributed by atoms with van der Waals surface area (Å²) >= 11 is 1.45. The highest BCUT2D eigenvalue weighted by Gasteiger charge is 2.26. The second-order valence-electron chi connectivity index (χ2n) is 8.87. The molecule has 1 heterocycles. The van der Waals surface area contributed by atoms with Crippen molar-refractivity contribution in [3.63, 3.8) is 0 Å². The monoisotopic (exact) mass is 490 g/mol. The van der Waals surface area contributed by atoms with Gasteiger partial charge in [0.05, 0.1) is 12.7 Å². The lowest BCUT2D eigenvalue weighted by atomic mass is 9.88. The number of rotatable bonds is 8. The summed E-state index contributed by atoms with van der Waals surface area (Å²) in [7, 11) is 1.58. The van der Waals surface area contributed by atoms with Crippen molar-refractivity contribution in [1.29, 1.82) is 0 Å². The molecule has 0 radical (unpaired) electrons. The van der Waals surface area contributed by atoms with Gasteiger partial charge in [0.2, 0.25) is 5.91 Å². The van der Waals surface area contributed by atoms with Crippen LogP contribution in [0.25, 0.3) is 6.08 Å². The van der Waals surface area contributed by atoms with Crippen molar-refractivity contribution in [2.24, 2.45) is 11.7 Å². The number of anilines is 1. The van der Waals surface area contributed by atoms with Crippen LogP contribution in [0.1, 0.15) is 50.8 Å². The van der Waals surface area contributed by atoms with Gasteiger partial charge in [-0.25, -0.2) is 0 Å². The number of carbonyl (C=O) groups excluding carboxylic acids is 2. The number of aryl methyl sites for hydroxylation is 1. The number of thiophene rings is 1. The number of ether oxygens (including phenoxy) is 2. The van der Waals surface area contributed by atoms with E-state index >= 15 is 0 Å². The molecule has 3 N–H and O–H groups in total. The fraction of sp³-hybridized carbons (Fsp3) is 0.286. The Hall–Kier alpha value is -3.58. The molecular formula is C28H30N2O4S.